The van der Waals surface area contributed by atoms with Crippen LogP contribution in [-0.2, 0) is 17.9 Å². The van der Waals surface area contributed by atoms with Gasteiger partial charge in [0.2, 0.25) is 0 Å². The maximum atomic E-state index is 6.10. The lowest BCUT2D eigenvalue weighted by Gasteiger charge is -2.28. The molecule has 0 radical (unpaired) electrons. The topological polar surface area (TPSA) is 34.4 Å². The molecule has 3 heteroatoms. The van der Waals surface area contributed by atoms with Crippen LogP contribution in [0, 0.1) is 12.8 Å². The number of hydrogen-bond donors (Lipinski definition) is 1. The molecule has 1 N–H and O–H groups in total. The first-order valence-electron chi connectivity index (χ1n) is 7.61. The summed E-state index contributed by atoms with van der Waals surface area (Å²) in [6, 6.07) is 2.13. The third-order valence-corrected chi connectivity index (χ3v) is 4.11. The first-order valence-corrected chi connectivity index (χ1v) is 7.61. The minimum Gasteiger partial charge on any atom is -0.465 e. The number of rotatable bonds is 6. The first-order chi connectivity index (χ1) is 9.20. The largest absolute Gasteiger partial charge is 0.465 e. The summed E-state index contributed by atoms with van der Waals surface area (Å²) in [5.41, 5.74) is 1.20. The molecule has 0 aromatic carbocycles. The predicted molar refractivity (Wildman–Crippen MR) is 77.0 cm³/mol. The Bertz CT molecular complexity index is 386. The van der Waals surface area contributed by atoms with E-state index in [2.05, 4.69) is 25.2 Å². The van der Waals surface area contributed by atoms with Crippen molar-refractivity contribution in [3.8, 4) is 0 Å². The monoisotopic (exact) mass is 265 g/mol. The lowest BCUT2D eigenvalue weighted by atomic mass is 9.88. The van der Waals surface area contributed by atoms with Crippen LogP contribution >= 0.6 is 0 Å². The normalized spacial score (nSPS) is 23.7. The van der Waals surface area contributed by atoms with Crippen LogP contribution in [0.2, 0.25) is 0 Å². The van der Waals surface area contributed by atoms with E-state index in [1.807, 2.05) is 6.92 Å². The quantitative estimate of drug-likeness (QED) is 0.849. The highest BCUT2D eigenvalue weighted by atomic mass is 16.5. The Morgan fingerprint density at radius 1 is 1.37 bits per heavy atom. The molecule has 2 atom stereocenters. The fourth-order valence-electron chi connectivity index (χ4n) is 2.79. The Hall–Kier alpha value is -0.800. The second kappa shape index (κ2) is 7.11. The average molecular weight is 265 g/mol. The van der Waals surface area contributed by atoms with Crippen molar-refractivity contribution in [2.45, 2.75) is 65.7 Å². The van der Waals surface area contributed by atoms with Crippen molar-refractivity contribution in [2.24, 2.45) is 5.92 Å². The van der Waals surface area contributed by atoms with E-state index in [4.69, 9.17) is 9.15 Å². The summed E-state index contributed by atoms with van der Waals surface area (Å²) in [5.74, 6) is 2.70. The first kappa shape index (κ1) is 14.6. The van der Waals surface area contributed by atoms with Crippen LogP contribution < -0.4 is 5.32 Å². The van der Waals surface area contributed by atoms with E-state index >= 15 is 0 Å². The summed E-state index contributed by atoms with van der Waals surface area (Å²) in [4.78, 5) is 0. The molecule has 0 bridgehead atoms. The second-order valence-corrected chi connectivity index (χ2v) is 5.69. The molecule has 108 valence electrons. The van der Waals surface area contributed by atoms with E-state index in [9.17, 15) is 0 Å². The van der Waals surface area contributed by atoms with E-state index in [0.717, 1.165) is 24.6 Å². The lowest BCUT2D eigenvalue weighted by molar-refractivity contribution is -0.0158. The maximum absolute atomic E-state index is 6.10. The minimum absolute atomic E-state index is 0.431. The fraction of sp³-hybridized carbons (Fsp3) is 0.750. The lowest BCUT2D eigenvalue weighted by Crippen LogP contribution is -2.25. The number of hydrogen-bond acceptors (Lipinski definition) is 3. The molecule has 1 aliphatic carbocycles. The van der Waals surface area contributed by atoms with Crippen molar-refractivity contribution >= 4 is 0 Å². The Kier molecular flexibility index (Phi) is 5.46. The van der Waals surface area contributed by atoms with Crippen molar-refractivity contribution in [3.63, 3.8) is 0 Å². The molecule has 2 rings (SSSR count). The number of ether oxygens (including phenoxy) is 1. The zero-order chi connectivity index (χ0) is 13.7. The zero-order valence-corrected chi connectivity index (χ0v) is 12.5. The Labute approximate surface area is 116 Å². The average Bonchev–Trinajstić information content (AvgIpc) is 2.76. The van der Waals surface area contributed by atoms with Gasteiger partial charge >= 0.3 is 0 Å². The van der Waals surface area contributed by atoms with Crippen LogP contribution in [0.1, 0.15) is 56.6 Å². The predicted octanol–water partition coefficient (Wildman–Crippen LogP) is 3.79. The Balaban J connectivity index is 1.86. The van der Waals surface area contributed by atoms with Gasteiger partial charge in [0, 0.05) is 5.56 Å². The minimum atomic E-state index is 0.431. The van der Waals surface area contributed by atoms with Crippen LogP contribution in [0.15, 0.2) is 10.5 Å². The van der Waals surface area contributed by atoms with Crippen LogP contribution in [0.5, 0.6) is 0 Å². The number of aryl methyl sites for hydroxylation is 1. The van der Waals surface area contributed by atoms with Crippen LogP contribution in [0.3, 0.4) is 0 Å². The Morgan fingerprint density at radius 2 is 2.16 bits per heavy atom. The van der Waals surface area contributed by atoms with Crippen molar-refractivity contribution in [1.82, 2.24) is 5.32 Å². The molecular formula is C16H27NO2. The molecule has 0 amide bonds. The molecule has 0 saturated heterocycles. The smallest absolute Gasteiger partial charge is 0.118 e. The zero-order valence-electron chi connectivity index (χ0n) is 12.5. The molecule has 0 aliphatic heterocycles. The van der Waals surface area contributed by atoms with Crippen LogP contribution in [0.4, 0.5) is 0 Å². The van der Waals surface area contributed by atoms with E-state index in [1.165, 1.54) is 31.2 Å². The number of furan rings is 1. The third-order valence-electron chi connectivity index (χ3n) is 4.11. The molecule has 1 aliphatic rings. The van der Waals surface area contributed by atoms with Crippen molar-refractivity contribution in [1.29, 1.82) is 0 Å². The molecule has 1 saturated carbocycles. The fourth-order valence-corrected chi connectivity index (χ4v) is 2.79. The molecule has 1 heterocycles. The van der Waals surface area contributed by atoms with Gasteiger partial charge in [0.05, 0.1) is 19.3 Å². The molecule has 1 aromatic rings. The van der Waals surface area contributed by atoms with Gasteiger partial charge in [-0.2, -0.15) is 0 Å². The van der Waals surface area contributed by atoms with Gasteiger partial charge in [-0.3, -0.25) is 0 Å². The van der Waals surface area contributed by atoms with Gasteiger partial charge in [-0.05, 0) is 38.3 Å². The molecule has 19 heavy (non-hydrogen) atoms. The summed E-state index contributed by atoms with van der Waals surface area (Å²) in [5, 5.41) is 3.28. The molecule has 3 nitrogen and oxygen atoms in total. The second-order valence-electron chi connectivity index (χ2n) is 5.69. The summed E-state index contributed by atoms with van der Waals surface area (Å²) in [6.45, 7) is 8.89. The van der Waals surface area contributed by atoms with Crippen molar-refractivity contribution < 1.29 is 9.15 Å². The molecule has 1 aromatic heterocycles. The van der Waals surface area contributed by atoms with Crippen LogP contribution in [-0.4, -0.2) is 12.6 Å². The van der Waals surface area contributed by atoms with Gasteiger partial charge in [0.25, 0.3) is 0 Å². The molecule has 1 fully saturated rings. The highest BCUT2D eigenvalue weighted by Crippen LogP contribution is 2.27. The van der Waals surface area contributed by atoms with Gasteiger partial charge in [-0.25, -0.2) is 0 Å². The highest BCUT2D eigenvalue weighted by molar-refractivity contribution is 5.20. The standard InChI is InChI=1S/C16H27NO2/c1-4-17-10-15-9-14(13(3)19-15)11-18-16-8-6-5-7-12(16)2/h9,12,16-17H,4-8,10-11H2,1-3H3. The summed E-state index contributed by atoms with van der Waals surface area (Å²) >= 11 is 0. The van der Waals surface area contributed by atoms with Gasteiger partial charge < -0.3 is 14.5 Å². The maximum Gasteiger partial charge on any atom is 0.118 e. The summed E-state index contributed by atoms with van der Waals surface area (Å²) < 4.78 is 11.8. The molecular weight excluding hydrogens is 238 g/mol. The SMILES string of the molecule is CCNCc1cc(COC2CCCCC2C)c(C)o1. The van der Waals surface area contributed by atoms with Crippen molar-refractivity contribution in [2.75, 3.05) is 6.54 Å². The van der Waals surface area contributed by atoms with E-state index in [0.29, 0.717) is 18.6 Å². The Morgan fingerprint density at radius 3 is 2.89 bits per heavy atom. The van der Waals surface area contributed by atoms with E-state index < -0.39 is 0 Å². The number of nitrogens with one attached hydrogen (secondary N) is 1. The summed E-state index contributed by atoms with van der Waals surface area (Å²) in [6.07, 6.45) is 5.62. The van der Waals surface area contributed by atoms with E-state index in [-0.39, 0.29) is 0 Å². The highest BCUT2D eigenvalue weighted by Gasteiger charge is 2.22. The van der Waals surface area contributed by atoms with Crippen molar-refractivity contribution in [3.05, 3.63) is 23.2 Å². The van der Waals surface area contributed by atoms with E-state index in [1.54, 1.807) is 0 Å². The molecule has 2 unspecified atom stereocenters. The van der Waals surface area contributed by atoms with Gasteiger partial charge in [0.1, 0.15) is 11.5 Å². The third kappa shape index (κ3) is 4.08. The van der Waals surface area contributed by atoms with Crippen LogP contribution in [0.25, 0.3) is 0 Å². The van der Waals surface area contributed by atoms with Gasteiger partial charge in [-0.15, -0.1) is 0 Å². The molecule has 0 spiro atoms. The summed E-state index contributed by atoms with van der Waals surface area (Å²) in [7, 11) is 0. The van der Waals surface area contributed by atoms with Gasteiger partial charge in [-0.1, -0.05) is 26.7 Å². The van der Waals surface area contributed by atoms with Gasteiger partial charge in [0.15, 0.2) is 0 Å².